The number of nitriles is 1. The molecule has 0 amide bonds. The summed E-state index contributed by atoms with van der Waals surface area (Å²) in [6.07, 6.45) is 3.35. The summed E-state index contributed by atoms with van der Waals surface area (Å²) in [5.74, 6) is 0. The molecule has 0 bridgehead atoms. The van der Waals surface area contributed by atoms with Crippen LogP contribution in [-0.4, -0.2) is 7.05 Å². The molecule has 0 aliphatic heterocycles. The molecule has 2 rings (SSSR count). The Kier molecular flexibility index (Phi) is 3.66. The molecule has 18 heavy (non-hydrogen) atoms. The van der Waals surface area contributed by atoms with Gasteiger partial charge in [0.2, 0.25) is 0 Å². The lowest BCUT2D eigenvalue weighted by atomic mass is 10.1. The average molecular weight is 241 g/mol. The van der Waals surface area contributed by atoms with Gasteiger partial charge in [-0.3, -0.25) is 0 Å². The molecule has 0 saturated carbocycles. The fourth-order valence-corrected chi connectivity index (χ4v) is 1.87. The Morgan fingerprint density at radius 1 is 1.33 bits per heavy atom. The molecule has 0 unspecified atom stereocenters. The second-order valence-electron chi connectivity index (χ2n) is 4.16. The third kappa shape index (κ3) is 2.53. The SMILES string of the molecule is CN(Cc1ccoc1)c1ccc(CN)cc1C#N. The fourth-order valence-electron chi connectivity index (χ4n) is 1.87. The van der Waals surface area contributed by atoms with Crippen molar-refractivity contribution < 1.29 is 4.42 Å². The van der Waals surface area contributed by atoms with Crippen molar-refractivity contribution in [2.45, 2.75) is 13.1 Å². The number of hydrogen-bond donors (Lipinski definition) is 1. The maximum Gasteiger partial charge on any atom is 0.101 e. The quantitative estimate of drug-likeness (QED) is 0.891. The number of furan rings is 1. The summed E-state index contributed by atoms with van der Waals surface area (Å²) < 4.78 is 5.04. The van der Waals surface area contributed by atoms with E-state index in [0.29, 0.717) is 18.7 Å². The highest BCUT2D eigenvalue weighted by Gasteiger charge is 2.09. The Hall–Kier alpha value is -2.25. The minimum absolute atomic E-state index is 0.445. The van der Waals surface area contributed by atoms with E-state index in [1.807, 2.05) is 36.2 Å². The molecule has 4 nitrogen and oxygen atoms in total. The molecule has 0 aliphatic carbocycles. The molecule has 4 heteroatoms. The zero-order chi connectivity index (χ0) is 13.0. The van der Waals surface area contributed by atoms with Crippen molar-refractivity contribution in [2.75, 3.05) is 11.9 Å². The summed E-state index contributed by atoms with van der Waals surface area (Å²) in [6, 6.07) is 9.84. The minimum Gasteiger partial charge on any atom is -0.472 e. The largest absolute Gasteiger partial charge is 0.472 e. The van der Waals surface area contributed by atoms with Crippen molar-refractivity contribution in [3.63, 3.8) is 0 Å². The highest BCUT2D eigenvalue weighted by atomic mass is 16.3. The van der Waals surface area contributed by atoms with Crippen LogP contribution in [0.2, 0.25) is 0 Å². The Labute approximate surface area is 106 Å². The Morgan fingerprint density at radius 2 is 2.17 bits per heavy atom. The molecule has 2 aromatic rings. The van der Waals surface area contributed by atoms with Crippen LogP contribution in [0.3, 0.4) is 0 Å². The molecule has 0 saturated heterocycles. The molecule has 0 fully saturated rings. The van der Waals surface area contributed by atoms with E-state index in [9.17, 15) is 5.26 Å². The van der Waals surface area contributed by atoms with Crippen molar-refractivity contribution in [1.29, 1.82) is 5.26 Å². The topological polar surface area (TPSA) is 66.2 Å². The van der Waals surface area contributed by atoms with Gasteiger partial charge in [0.15, 0.2) is 0 Å². The van der Waals surface area contributed by atoms with Crippen LogP contribution >= 0.6 is 0 Å². The number of benzene rings is 1. The molecule has 1 heterocycles. The van der Waals surface area contributed by atoms with Gasteiger partial charge < -0.3 is 15.1 Å². The highest BCUT2D eigenvalue weighted by molar-refractivity contribution is 5.60. The summed E-state index contributed by atoms with van der Waals surface area (Å²) in [5, 5.41) is 9.18. The Morgan fingerprint density at radius 3 is 2.78 bits per heavy atom. The van der Waals surface area contributed by atoms with Crippen LogP contribution in [0.4, 0.5) is 5.69 Å². The van der Waals surface area contributed by atoms with Crippen LogP contribution in [0, 0.1) is 11.3 Å². The van der Waals surface area contributed by atoms with Crippen molar-refractivity contribution in [1.82, 2.24) is 0 Å². The van der Waals surface area contributed by atoms with E-state index >= 15 is 0 Å². The number of rotatable bonds is 4. The smallest absolute Gasteiger partial charge is 0.101 e. The first-order valence-corrected chi connectivity index (χ1v) is 5.70. The lowest BCUT2D eigenvalue weighted by molar-refractivity contribution is 0.563. The summed E-state index contributed by atoms with van der Waals surface area (Å²) in [6.45, 7) is 1.15. The first kappa shape index (κ1) is 12.2. The van der Waals surface area contributed by atoms with Gasteiger partial charge in [0.1, 0.15) is 6.07 Å². The molecule has 1 aromatic heterocycles. The second-order valence-corrected chi connectivity index (χ2v) is 4.16. The van der Waals surface area contributed by atoms with Crippen molar-refractivity contribution in [3.8, 4) is 6.07 Å². The van der Waals surface area contributed by atoms with Gasteiger partial charge in [-0.1, -0.05) is 6.07 Å². The van der Waals surface area contributed by atoms with Gasteiger partial charge in [0, 0.05) is 25.7 Å². The van der Waals surface area contributed by atoms with Crippen LogP contribution in [0.5, 0.6) is 0 Å². The highest BCUT2D eigenvalue weighted by Crippen LogP contribution is 2.22. The van der Waals surface area contributed by atoms with Gasteiger partial charge in [-0.25, -0.2) is 0 Å². The number of hydrogen-bond acceptors (Lipinski definition) is 4. The first-order valence-electron chi connectivity index (χ1n) is 5.70. The lowest BCUT2D eigenvalue weighted by Gasteiger charge is -2.20. The van der Waals surface area contributed by atoms with Crippen LogP contribution in [-0.2, 0) is 13.1 Å². The van der Waals surface area contributed by atoms with Crippen LogP contribution < -0.4 is 10.6 Å². The number of nitrogens with two attached hydrogens (primary N) is 1. The molecular weight excluding hydrogens is 226 g/mol. The second kappa shape index (κ2) is 5.39. The van der Waals surface area contributed by atoms with Crippen molar-refractivity contribution in [2.24, 2.45) is 5.73 Å². The third-order valence-electron chi connectivity index (χ3n) is 2.83. The van der Waals surface area contributed by atoms with E-state index in [2.05, 4.69) is 6.07 Å². The molecular formula is C14H15N3O. The van der Waals surface area contributed by atoms with E-state index in [1.54, 1.807) is 12.5 Å². The van der Waals surface area contributed by atoms with Crippen molar-refractivity contribution in [3.05, 3.63) is 53.5 Å². The molecule has 0 radical (unpaired) electrons. The summed E-state index contributed by atoms with van der Waals surface area (Å²) in [5.41, 5.74) is 9.15. The molecule has 92 valence electrons. The minimum atomic E-state index is 0.445. The van der Waals surface area contributed by atoms with E-state index < -0.39 is 0 Å². The normalized spacial score (nSPS) is 10.1. The molecule has 0 aliphatic rings. The van der Waals surface area contributed by atoms with Gasteiger partial charge in [-0.2, -0.15) is 5.26 Å². The monoisotopic (exact) mass is 241 g/mol. The Bertz CT molecular complexity index is 555. The van der Waals surface area contributed by atoms with Crippen LogP contribution in [0.25, 0.3) is 0 Å². The predicted molar refractivity (Wildman–Crippen MR) is 69.9 cm³/mol. The average Bonchev–Trinajstić information content (AvgIpc) is 2.90. The number of anilines is 1. The van der Waals surface area contributed by atoms with Gasteiger partial charge in [0.25, 0.3) is 0 Å². The zero-order valence-electron chi connectivity index (χ0n) is 10.3. The van der Waals surface area contributed by atoms with E-state index in [4.69, 9.17) is 10.2 Å². The number of nitrogens with zero attached hydrogens (tertiary/aromatic N) is 2. The maximum atomic E-state index is 9.18. The van der Waals surface area contributed by atoms with E-state index in [0.717, 1.165) is 16.8 Å². The summed E-state index contributed by atoms with van der Waals surface area (Å²) in [7, 11) is 1.95. The van der Waals surface area contributed by atoms with E-state index in [-0.39, 0.29) is 0 Å². The maximum absolute atomic E-state index is 9.18. The Balaban J connectivity index is 2.24. The first-order chi connectivity index (χ1) is 8.74. The zero-order valence-corrected chi connectivity index (χ0v) is 10.3. The van der Waals surface area contributed by atoms with E-state index in [1.165, 1.54) is 0 Å². The van der Waals surface area contributed by atoms with Crippen molar-refractivity contribution >= 4 is 5.69 Å². The van der Waals surface area contributed by atoms with Gasteiger partial charge in [-0.15, -0.1) is 0 Å². The van der Waals surface area contributed by atoms with Gasteiger partial charge in [0.05, 0.1) is 23.8 Å². The van der Waals surface area contributed by atoms with Gasteiger partial charge in [-0.05, 0) is 23.8 Å². The van der Waals surface area contributed by atoms with Gasteiger partial charge >= 0.3 is 0 Å². The molecule has 0 spiro atoms. The molecule has 2 N–H and O–H groups in total. The summed E-state index contributed by atoms with van der Waals surface area (Å²) >= 11 is 0. The lowest BCUT2D eigenvalue weighted by Crippen LogP contribution is -2.17. The van der Waals surface area contributed by atoms with Crippen LogP contribution in [0.1, 0.15) is 16.7 Å². The standard InChI is InChI=1S/C14H15N3O/c1-17(9-12-4-5-18-10-12)14-3-2-11(7-15)6-13(14)8-16/h2-6,10H,7,9,15H2,1H3. The summed E-state index contributed by atoms with van der Waals surface area (Å²) in [4.78, 5) is 2.02. The van der Waals surface area contributed by atoms with Crippen LogP contribution in [0.15, 0.2) is 41.2 Å². The predicted octanol–water partition coefficient (Wildman–Crippen LogP) is 2.25. The molecule has 1 aromatic carbocycles. The molecule has 0 atom stereocenters. The third-order valence-corrected chi connectivity index (χ3v) is 2.83. The fraction of sp³-hybridized carbons (Fsp3) is 0.214.